The molecule has 0 bridgehead atoms. The highest BCUT2D eigenvalue weighted by molar-refractivity contribution is 5.96. The van der Waals surface area contributed by atoms with Gasteiger partial charge in [-0.15, -0.1) is 0 Å². The molecule has 6 nitrogen and oxygen atoms in total. The Morgan fingerprint density at radius 1 is 0.769 bits per heavy atom. The smallest absolute Gasteiger partial charge is 0.339 e. The molecule has 2 aromatic rings. The van der Waals surface area contributed by atoms with E-state index < -0.39 is 11.7 Å². The minimum Gasteiger partial charge on any atom is -0.339 e. The van der Waals surface area contributed by atoms with Crippen molar-refractivity contribution in [3.05, 3.63) is 64.5 Å². The highest BCUT2D eigenvalue weighted by atomic mass is 19.4. The molecule has 0 atom stereocenters. The maximum Gasteiger partial charge on any atom is 0.416 e. The average Bonchev–Trinajstić information content (AvgIpc) is 2.97. The van der Waals surface area contributed by atoms with Crippen molar-refractivity contribution in [2.75, 3.05) is 39.3 Å². The number of halogens is 3. The summed E-state index contributed by atoms with van der Waals surface area (Å²) in [7, 11) is 0. The van der Waals surface area contributed by atoms with Crippen LogP contribution < -0.4 is 0 Å². The van der Waals surface area contributed by atoms with Gasteiger partial charge in [-0.25, -0.2) is 0 Å². The second kappa shape index (κ2) is 11.7. The van der Waals surface area contributed by atoms with E-state index in [1.165, 1.54) is 44.5 Å². The molecule has 3 aliphatic heterocycles. The van der Waals surface area contributed by atoms with E-state index in [1.807, 2.05) is 24.0 Å². The van der Waals surface area contributed by atoms with Gasteiger partial charge in [0.2, 0.25) is 0 Å². The van der Waals surface area contributed by atoms with Gasteiger partial charge in [0.25, 0.3) is 11.8 Å². The summed E-state index contributed by atoms with van der Waals surface area (Å²) in [6.45, 7) is 6.71. The third kappa shape index (κ3) is 6.29. The number of pyridine rings is 1. The number of hydrogen-bond acceptors (Lipinski definition) is 4. The van der Waals surface area contributed by atoms with Crippen LogP contribution >= 0.6 is 0 Å². The fraction of sp³-hybridized carbons (Fsp3) is 0.567. The second-order valence-corrected chi connectivity index (χ2v) is 11.1. The van der Waals surface area contributed by atoms with Crippen LogP contribution in [0.5, 0.6) is 0 Å². The van der Waals surface area contributed by atoms with Crippen molar-refractivity contribution >= 4 is 11.8 Å². The van der Waals surface area contributed by atoms with E-state index in [4.69, 9.17) is 4.98 Å². The number of nitrogens with zero attached hydrogens (tertiary/aromatic N) is 4. The molecular weight excluding hydrogens is 505 g/mol. The maximum atomic E-state index is 13.6. The fourth-order valence-electron chi connectivity index (χ4n) is 6.30. The molecule has 3 aliphatic rings. The van der Waals surface area contributed by atoms with E-state index in [0.29, 0.717) is 37.5 Å². The Hall–Kier alpha value is -2.94. The Morgan fingerprint density at radius 3 is 1.97 bits per heavy atom. The third-order valence-electron chi connectivity index (χ3n) is 8.58. The fourth-order valence-corrected chi connectivity index (χ4v) is 6.30. The predicted octanol–water partition coefficient (Wildman–Crippen LogP) is 5.52. The van der Waals surface area contributed by atoms with Gasteiger partial charge in [0.15, 0.2) is 0 Å². The number of carbonyl (C=O) groups is 2. The molecule has 4 heterocycles. The zero-order chi connectivity index (χ0) is 27.6. The molecule has 0 radical (unpaired) electrons. The lowest BCUT2D eigenvalue weighted by Gasteiger charge is -2.40. The number of benzene rings is 1. The predicted molar refractivity (Wildman–Crippen MR) is 143 cm³/mol. The van der Waals surface area contributed by atoms with Gasteiger partial charge in [-0.2, -0.15) is 13.2 Å². The van der Waals surface area contributed by atoms with Crippen molar-refractivity contribution in [3.63, 3.8) is 0 Å². The molecule has 0 saturated carbocycles. The summed E-state index contributed by atoms with van der Waals surface area (Å²) in [4.78, 5) is 37.6. The van der Waals surface area contributed by atoms with Gasteiger partial charge < -0.3 is 14.7 Å². The second-order valence-electron chi connectivity index (χ2n) is 11.1. The first-order valence-corrected chi connectivity index (χ1v) is 14.2. The van der Waals surface area contributed by atoms with Crippen molar-refractivity contribution in [2.45, 2.75) is 70.0 Å². The molecule has 0 unspecified atom stereocenters. The molecule has 210 valence electrons. The van der Waals surface area contributed by atoms with Crippen molar-refractivity contribution in [1.82, 2.24) is 19.7 Å². The summed E-state index contributed by atoms with van der Waals surface area (Å²) in [5.41, 5.74) is 1.80. The first-order valence-electron chi connectivity index (χ1n) is 14.2. The number of amides is 2. The van der Waals surface area contributed by atoms with Gasteiger partial charge in [-0.05, 0) is 94.9 Å². The zero-order valence-corrected chi connectivity index (χ0v) is 22.6. The molecule has 3 fully saturated rings. The van der Waals surface area contributed by atoms with Crippen LogP contribution in [0.2, 0.25) is 0 Å². The Morgan fingerprint density at radius 2 is 1.36 bits per heavy atom. The van der Waals surface area contributed by atoms with E-state index >= 15 is 0 Å². The first-order chi connectivity index (χ1) is 18.7. The van der Waals surface area contributed by atoms with Crippen LogP contribution in [0.1, 0.15) is 88.5 Å². The Balaban J connectivity index is 1.21. The minimum atomic E-state index is -4.43. The quantitative estimate of drug-likeness (QED) is 0.511. The Labute approximate surface area is 228 Å². The maximum absolute atomic E-state index is 13.6. The number of alkyl halides is 3. The van der Waals surface area contributed by atoms with Crippen molar-refractivity contribution < 1.29 is 22.8 Å². The summed E-state index contributed by atoms with van der Waals surface area (Å²) in [6, 6.07) is 8.73. The minimum absolute atomic E-state index is 0.0397. The molecule has 39 heavy (non-hydrogen) atoms. The first kappa shape index (κ1) is 27.6. The number of aromatic nitrogens is 1. The zero-order valence-electron chi connectivity index (χ0n) is 22.6. The number of piperidine rings is 3. The van der Waals surface area contributed by atoms with E-state index in [9.17, 15) is 22.8 Å². The van der Waals surface area contributed by atoms with Crippen LogP contribution in [0.4, 0.5) is 13.2 Å². The van der Waals surface area contributed by atoms with Crippen LogP contribution in [0, 0.1) is 6.92 Å². The van der Waals surface area contributed by atoms with Crippen molar-refractivity contribution in [1.29, 1.82) is 0 Å². The molecule has 9 heteroatoms. The molecule has 5 rings (SSSR count). The number of likely N-dealkylation sites (tertiary alicyclic amines) is 3. The molecule has 2 amide bonds. The lowest BCUT2D eigenvalue weighted by molar-refractivity contribution is -0.137. The molecule has 0 N–H and O–H groups in total. The summed E-state index contributed by atoms with van der Waals surface area (Å²) < 4.78 is 38.6. The monoisotopic (exact) mass is 542 g/mol. The topological polar surface area (TPSA) is 56.8 Å². The average molecular weight is 543 g/mol. The molecule has 0 spiro atoms. The van der Waals surface area contributed by atoms with Gasteiger partial charge >= 0.3 is 6.18 Å². The van der Waals surface area contributed by atoms with E-state index in [-0.39, 0.29) is 23.3 Å². The number of carbonyl (C=O) groups excluding carboxylic acids is 2. The number of aryl methyl sites for hydroxylation is 1. The SMILES string of the molecule is Cc1ccc(C(=O)N2CCC(N3CCCCC3)CC2)c(C2CCN(C(=O)c3ccc(C(F)(F)F)cc3)CC2)n1. The summed E-state index contributed by atoms with van der Waals surface area (Å²) in [5, 5.41) is 0. The van der Waals surface area contributed by atoms with E-state index in [0.717, 1.165) is 49.5 Å². The standard InChI is InChI=1S/C30H37F3N4O2/c1-21-5-10-26(29(39)37-19-13-25(14-20-37)35-15-3-2-4-16-35)27(34-21)22-11-17-36(18-12-22)28(38)23-6-8-24(9-7-23)30(31,32)33/h5-10,22,25H,2-4,11-20H2,1H3. The highest BCUT2D eigenvalue weighted by Gasteiger charge is 2.33. The van der Waals surface area contributed by atoms with Gasteiger partial charge in [-0.1, -0.05) is 6.42 Å². The van der Waals surface area contributed by atoms with Crippen LogP contribution in [0.3, 0.4) is 0 Å². The number of hydrogen-bond donors (Lipinski definition) is 0. The normalized spacial score (nSPS) is 20.3. The molecule has 1 aromatic carbocycles. The summed E-state index contributed by atoms with van der Waals surface area (Å²) >= 11 is 0. The molecule has 1 aromatic heterocycles. The van der Waals surface area contributed by atoms with Crippen LogP contribution in [0.25, 0.3) is 0 Å². The van der Waals surface area contributed by atoms with Crippen molar-refractivity contribution in [3.8, 4) is 0 Å². The Bertz CT molecular complexity index is 1160. The van der Waals surface area contributed by atoms with E-state index in [2.05, 4.69) is 4.90 Å². The highest BCUT2D eigenvalue weighted by Crippen LogP contribution is 2.33. The van der Waals surface area contributed by atoms with Crippen LogP contribution in [0.15, 0.2) is 36.4 Å². The Kier molecular flexibility index (Phi) is 8.26. The van der Waals surface area contributed by atoms with Gasteiger partial charge in [0.05, 0.1) is 16.8 Å². The number of rotatable bonds is 4. The molecular formula is C30H37F3N4O2. The van der Waals surface area contributed by atoms with Crippen molar-refractivity contribution in [2.24, 2.45) is 0 Å². The van der Waals surface area contributed by atoms with E-state index in [1.54, 1.807) is 4.90 Å². The largest absolute Gasteiger partial charge is 0.416 e. The van der Waals surface area contributed by atoms with Crippen LogP contribution in [-0.4, -0.2) is 76.8 Å². The van der Waals surface area contributed by atoms with Gasteiger partial charge in [-0.3, -0.25) is 14.6 Å². The lowest BCUT2D eigenvalue weighted by atomic mass is 9.89. The van der Waals surface area contributed by atoms with Gasteiger partial charge in [0, 0.05) is 49.4 Å². The molecule has 0 aliphatic carbocycles. The summed E-state index contributed by atoms with van der Waals surface area (Å²) in [6.07, 6.45) is 2.74. The lowest BCUT2D eigenvalue weighted by Crippen LogP contribution is -2.48. The van der Waals surface area contributed by atoms with Crippen LogP contribution in [-0.2, 0) is 6.18 Å². The van der Waals surface area contributed by atoms with Gasteiger partial charge in [0.1, 0.15) is 0 Å². The third-order valence-corrected chi connectivity index (χ3v) is 8.58. The molecule has 3 saturated heterocycles. The summed E-state index contributed by atoms with van der Waals surface area (Å²) in [5.74, 6) is -0.184.